The van der Waals surface area contributed by atoms with Crippen molar-refractivity contribution in [1.82, 2.24) is 0 Å². The first-order valence-electron chi connectivity index (χ1n) is 12.7. The maximum atomic E-state index is 13.8. The number of rotatable bonds is 8. The Labute approximate surface area is 233 Å². The van der Waals surface area contributed by atoms with Crippen LogP contribution in [0.15, 0.2) is 36.4 Å². The fourth-order valence-corrected chi connectivity index (χ4v) is 4.88. The van der Waals surface area contributed by atoms with E-state index in [0.717, 1.165) is 38.0 Å². The van der Waals surface area contributed by atoms with Gasteiger partial charge < -0.3 is 19.5 Å². The lowest BCUT2D eigenvalue weighted by Crippen LogP contribution is -2.34. The van der Waals surface area contributed by atoms with Gasteiger partial charge in [-0.2, -0.15) is 13.2 Å². The van der Waals surface area contributed by atoms with Crippen LogP contribution in [0.2, 0.25) is 5.02 Å². The third kappa shape index (κ3) is 7.16. The van der Waals surface area contributed by atoms with E-state index in [1.807, 2.05) is 0 Å². The number of nitrogens with one attached hydrogen (secondary N) is 1. The van der Waals surface area contributed by atoms with Crippen LogP contribution in [-0.2, 0) is 14.3 Å². The van der Waals surface area contributed by atoms with Crippen LogP contribution < -0.4 is 14.8 Å². The van der Waals surface area contributed by atoms with Gasteiger partial charge in [0.25, 0.3) is 0 Å². The number of alkyl halides is 5. The summed E-state index contributed by atoms with van der Waals surface area (Å²) in [6.45, 7) is 6.11. The summed E-state index contributed by atoms with van der Waals surface area (Å²) in [6.07, 6.45) is -6.89. The van der Waals surface area contributed by atoms with Gasteiger partial charge >= 0.3 is 18.4 Å². The Balaban J connectivity index is 1.62. The van der Waals surface area contributed by atoms with Crippen molar-refractivity contribution in [3.05, 3.63) is 52.5 Å². The highest BCUT2D eigenvalue weighted by Crippen LogP contribution is 2.47. The van der Waals surface area contributed by atoms with Gasteiger partial charge in [-0.3, -0.25) is 9.59 Å². The number of hydrogen-bond donors (Lipinski definition) is 1. The highest BCUT2D eigenvalue weighted by molar-refractivity contribution is 6.33. The molecule has 40 heavy (non-hydrogen) atoms. The molecule has 2 aromatic carbocycles. The van der Waals surface area contributed by atoms with E-state index in [2.05, 4.69) is 14.8 Å². The van der Waals surface area contributed by atoms with E-state index in [1.54, 1.807) is 32.9 Å². The molecule has 218 valence electrons. The number of anilines is 1. The largest absolute Gasteiger partial charge is 0.586 e. The minimum Gasteiger partial charge on any atom is -0.460 e. The highest BCUT2D eigenvalue weighted by Gasteiger charge is 2.47. The lowest BCUT2D eigenvalue weighted by molar-refractivity contribution is -0.286. The van der Waals surface area contributed by atoms with Crippen molar-refractivity contribution in [2.45, 2.75) is 76.9 Å². The Morgan fingerprint density at radius 1 is 1.05 bits per heavy atom. The normalized spacial score (nSPS) is 18.6. The number of esters is 1. The lowest BCUT2D eigenvalue weighted by Gasteiger charge is -2.26. The van der Waals surface area contributed by atoms with E-state index in [1.165, 1.54) is 6.07 Å². The van der Waals surface area contributed by atoms with E-state index < -0.39 is 47.5 Å². The molecule has 4 rings (SSSR count). The molecule has 1 aliphatic carbocycles. The molecular weight excluding hydrogens is 561 g/mol. The summed E-state index contributed by atoms with van der Waals surface area (Å²) in [5, 5.41) is 2.56. The third-order valence-electron chi connectivity index (χ3n) is 6.76. The lowest BCUT2D eigenvalue weighted by atomic mass is 9.85. The second-order valence-corrected chi connectivity index (χ2v) is 11.6. The summed E-state index contributed by atoms with van der Waals surface area (Å²) in [5.74, 6) is -6.33. The zero-order chi connectivity index (χ0) is 29.6. The summed E-state index contributed by atoms with van der Waals surface area (Å²) in [7, 11) is 0. The molecule has 0 saturated heterocycles. The second-order valence-electron chi connectivity index (χ2n) is 11.1. The standard InChI is InChI=1S/C28H29ClF5NO5/c1-14(27(30,31)32)24(17-8-10-21-22(12-17)39-28(33,34)38-21)25(37)35-20-11-16(7-9-19(20)29)18(15-5-6-15)13-23(36)40-26(2,3)4/h7-12,14-15,18,24H,5-6,13H2,1-4H3,(H,35,37)/t14-,18+,24+/m1/s1. The molecule has 2 aliphatic rings. The fraction of sp³-hybridized carbons (Fsp3) is 0.500. The van der Waals surface area contributed by atoms with E-state index in [0.29, 0.717) is 5.56 Å². The Kier molecular flexibility index (Phi) is 8.01. The zero-order valence-electron chi connectivity index (χ0n) is 22.2. The predicted octanol–water partition coefficient (Wildman–Crippen LogP) is 7.81. The number of hydrogen-bond acceptors (Lipinski definition) is 5. The van der Waals surface area contributed by atoms with Crippen LogP contribution in [0.25, 0.3) is 0 Å². The van der Waals surface area contributed by atoms with Crippen molar-refractivity contribution in [2.75, 3.05) is 5.32 Å². The number of amides is 1. The third-order valence-corrected chi connectivity index (χ3v) is 7.09. The maximum absolute atomic E-state index is 13.8. The summed E-state index contributed by atoms with van der Waals surface area (Å²) in [6, 6.07) is 7.83. The minimum atomic E-state index is -4.79. The van der Waals surface area contributed by atoms with Crippen molar-refractivity contribution in [3.8, 4) is 11.5 Å². The van der Waals surface area contributed by atoms with Crippen LogP contribution in [0.3, 0.4) is 0 Å². The van der Waals surface area contributed by atoms with E-state index in [-0.39, 0.29) is 40.3 Å². The van der Waals surface area contributed by atoms with Crippen LogP contribution in [0.4, 0.5) is 27.6 Å². The van der Waals surface area contributed by atoms with Gasteiger partial charge in [0.2, 0.25) is 5.91 Å². The Bertz CT molecular complexity index is 1290. The quantitative estimate of drug-likeness (QED) is 0.251. The van der Waals surface area contributed by atoms with Gasteiger partial charge in [0.05, 0.1) is 29.0 Å². The van der Waals surface area contributed by atoms with Gasteiger partial charge in [0, 0.05) is 0 Å². The molecule has 1 amide bonds. The molecule has 0 spiro atoms. The number of benzene rings is 2. The zero-order valence-corrected chi connectivity index (χ0v) is 23.0. The first kappa shape index (κ1) is 29.9. The molecule has 0 unspecified atom stereocenters. The van der Waals surface area contributed by atoms with Crippen LogP contribution in [0.1, 0.15) is 69.9 Å². The van der Waals surface area contributed by atoms with Gasteiger partial charge in [-0.05, 0) is 80.8 Å². The molecule has 3 atom stereocenters. The van der Waals surface area contributed by atoms with Crippen LogP contribution in [0.5, 0.6) is 11.5 Å². The van der Waals surface area contributed by atoms with Crippen molar-refractivity contribution in [1.29, 1.82) is 0 Å². The molecular formula is C28H29ClF5NO5. The number of carbonyl (C=O) groups excluding carboxylic acids is 2. The summed E-state index contributed by atoms with van der Waals surface area (Å²) in [5.41, 5.74) is -0.126. The summed E-state index contributed by atoms with van der Waals surface area (Å²) < 4.78 is 82.6. The van der Waals surface area contributed by atoms with E-state index in [4.69, 9.17) is 16.3 Å². The fourth-order valence-electron chi connectivity index (χ4n) is 4.71. The predicted molar refractivity (Wildman–Crippen MR) is 137 cm³/mol. The SMILES string of the molecule is C[C@H]([C@H](C(=O)Nc1cc([C@@H](CC(=O)OC(C)(C)C)C2CC2)ccc1Cl)c1ccc2c(c1)OC(F)(F)O2)C(F)(F)F. The van der Waals surface area contributed by atoms with Gasteiger partial charge in [0.1, 0.15) is 5.60 Å². The van der Waals surface area contributed by atoms with Crippen molar-refractivity contribution >= 4 is 29.2 Å². The molecule has 1 fully saturated rings. The summed E-state index contributed by atoms with van der Waals surface area (Å²) in [4.78, 5) is 25.9. The molecule has 6 nitrogen and oxygen atoms in total. The Morgan fingerprint density at radius 2 is 1.68 bits per heavy atom. The molecule has 0 bridgehead atoms. The van der Waals surface area contributed by atoms with Crippen LogP contribution in [0, 0.1) is 11.8 Å². The van der Waals surface area contributed by atoms with Gasteiger partial charge in [-0.25, -0.2) is 0 Å². The maximum Gasteiger partial charge on any atom is 0.586 e. The van der Waals surface area contributed by atoms with Crippen LogP contribution in [-0.4, -0.2) is 29.9 Å². The average molecular weight is 590 g/mol. The molecule has 1 saturated carbocycles. The second kappa shape index (κ2) is 10.7. The topological polar surface area (TPSA) is 73.9 Å². The minimum absolute atomic E-state index is 0.0608. The van der Waals surface area contributed by atoms with E-state index in [9.17, 15) is 31.5 Å². The van der Waals surface area contributed by atoms with Crippen LogP contribution >= 0.6 is 11.6 Å². The molecule has 1 N–H and O–H groups in total. The molecule has 12 heteroatoms. The van der Waals surface area contributed by atoms with Gasteiger partial charge in [-0.1, -0.05) is 30.7 Å². The first-order valence-corrected chi connectivity index (χ1v) is 13.1. The number of ether oxygens (including phenoxy) is 3. The molecule has 0 aromatic heterocycles. The highest BCUT2D eigenvalue weighted by atomic mass is 35.5. The average Bonchev–Trinajstić information content (AvgIpc) is 3.59. The van der Waals surface area contributed by atoms with Gasteiger partial charge in [-0.15, -0.1) is 8.78 Å². The molecule has 0 radical (unpaired) electrons. The molecule has 1 heterocycles. The van der Waals surface area contributed by atoms with Gasteiger partial charge in [0.15, 0.2) is 11.5 Å². The number of fused-ring (bicyclic) bond motifs is 1. The smallest absolute Gasteiger partial charge is 0.460 e. The molecule has 1 aliphatic heterocycles. The summed E-state index contributed by atoms with van der Waals surface area (Å²) >= 11 is 6.31. The monoisotopic (exact) mass is 589 g/mol. The Hall–Kier alpha value is -3.08. The van der Waals surface area contributed by atoms with Crippen molar-refractivity contribution in [3.63, 3.8) is 0 Å². The number of halogens is 6. The van der Waals surface area contributed by atoms with Crippen molar-refractivity contribution in [2.24, 2.45) is 11.8 Å². The number of carbonyl (C=O) groups is 2. The van der Waals surface area contributed by atoms with E-state index >= 15 is 0 Å². The Morgan fingerprint density at radius 3 is 2.27 bits per heavy atom. The molecule has 2 aromatic rings. The first-order chi connectivity index (χ1) is 18.4. The van der Waals surface area contributed by atoms with Crippen molar-refractivity contribution < 1.29 is 45.8 Å².